The van der Waals surface area contributed by atoms with Crippen molar-refractivity contribution in [1.29, 1.82) is 0 Å². The minimum Gasteiger partial charge on any atom is -0.316 e. The van der Waals surface area contributed by atoms with Crippen LogP contribution in [0.5, 0.6) is 0 Å². The SMILES string of the molecule is BrC1[CH]CNCC1. The van der Waals surface area contributed by atoms with Gasteiger partial charge >= 0.3 is 0 Å². The van der Waals surface area contributed by atoms with Gasteiger partial charge in [0, 0.05) is 4.83 Å². The Bertz CT molecular complexity index is 50.0. The molecule has 2 heteroatoms. The van der Waals surface area contributed by atoms with Crippen LogP contribution in [0.1, 0.15) is 6.42 Å². The average Bonchev–Trinajstić information content (AvgIpc) is 1.69. The third-order valence-electron chi connectivity index (χ3n) is 1.11. The molecule has 0 aliphatic carbocycles. The molecule has 1 heterocycles. The third kappa shape index (κ3) is 1.78. The van der Waals surface area contributed by atoms with Crippen molar-refractivity contribution in [2.45, 2.75) is 11.2 Å². The second-order valence-electron chi connectivity index (χ2n) is 1.74. The van der Waals surface area contributed by atoms with Crippen LogP contribution in [0.15, 0.2) is 0 Å². The molecule has 41 valence electrons. The zero-order valence-corrected chi connectivity index (χ0v) is 5.74. The van der Waals surface area contributed by atoms with Crippen LogP contribution in [0.4, 0.5) is 0 Å². The fourth-order valence-electron chi connectivity index (χ4n) is 0.671. The van der Waals surface area contributed by atoms with E-state index in [1.165, 1.54) is 6.42 Å². The van der Waals surface area contributed by atoms with Gasteiger partial charge in [0.2, 0.25) is 0 Å². The van der Waals surface area contributed by atoms with Crippen molar-refractivity contribution >= 4 is 15.9 Å². The molecule has 1 rings (SSSR count). The normalized spacial score (nSPS) is 25.3. The molecule has 1 fully saturated rings. The Kier molecular flexibility index (Phi) is 2.13. The molecule has 0 aromatic heterocycles. The monoisotopic (exact) mass is 162 g/mol. The van der Waals surface area contributed by atoms with Gasteiger partial charge in [-0.3, -0.25) is 0 Å². The molecule has 1 nitrogen and oxygen atoms in total. The first kappa shape index (κ1) is 5.57. The van der Waals surface area contributed by atoms with Gasteiger partial charge in [-0.05, 0) is 25.9 Å². The van der Waals surface area contributed by atoms with Gasteiger partial charge in [0.15, 0.2) is 0 Å². The summed E-state index contributed by atoms with van der Waals surface area (Å²) in [4.78, 5) is 0.661. The number of nitrogens with one attached hydrogen (secondary N) is 1. The van der Waals surface area contributed by atoms with Crippen LogP contribution >= 0.6 is 15.9 Å². The summed E-state index contributed by atoms with van der Waals surface area (Å²) in [7, 11) is 0. The minimum atomic E-state index is 0.661. The van der Waals surface area contributed by atoms with Gasteiger partial charge in [-0.1, -0.05) is 15.9 Å². The van der Waals surface area contributed by atoms with Crippen molar-refractivity contribution in [2.75, 3.05) is 13.1 Å². The Morgan fingerprint density at radius 1 is 1.71 bits per heavy atom. The Morgan fingerprint density at radius 3 is 2.86 bits per heavy atom. The van der Waals surface area contributed by atoms with E-state index in [0.717, 1.165) is 13.1 Å². The van der Waals surface area contributed by atoms with Crippen molar-refractivity contribution < 1.29 is 0 Å². The summed E-state index contributed by atoms with van der Waals surface area (Å²) in [6.07, 6.45) is 3.48. The molecule has 1 N–H and O–H groups in total. The van der Waals surface area contributed by atoms with Crippen LogP contribution in [0, 0.1) is 6.42 Å². The van der Waals surface area contributed by atoms with Gasteiger partial charge in [0.1, 0.15) is 0 Å². The number of hydrogen-bond acceptors (Lipinski definition) is 1. The van der Waals surface area contributed by atoms with E-state index in [4.69, 9.17) is 0 Å². The van der Waals surface area contributed by atoms with E-state index in [1.54, 1.807) is 0 Å². The molecule has 0 saturated carbocycles. The highest BCUT2D eigenvalue weighted by Crippen LogP contribution is 2.09. The summed E-state index contributed by atoms with van der Waals surface area (Å²) in [6, 6.07) is 0. The Labute approximate surface area is 52.6 Å². The van der Waals surface area contributed by atoms with Crippen molar-refractivity contribution in [3.05, 3.63) is 6.42 Å². The number of piperidine rings is 1. The Morgan fingerprint density at radius 2 is 2.57 bits per heavy atom. The van der Waals surface area contributed by atoms with Gasteiger partial charge in [0.25, 0.3) is 0 Å². The lowest BCUT2D eigenvalue weighted by Crippen LogP contribution is -2.28. The van der Waals surface area contributed by atoms with Gasteiger partial charge < -0.3 is 5.32 Å². The molecule has 0 aromatic carbocycles. The smallest absolute Gasteiger partial charge is 0.0201 e. The molecule has 1 saturated heterocycles. The summed E-state index contributed by atoms with van der Waals surface area (Å²) >= 11 is 3.49. The molecule has 1 aliphatic rings. The molecule has 0 bridgehead atoms. The number of alkyl halides is 1. The maximum absolute atomic E-state index is 3.49. The lowest BCUT2D eigenvalue weighted by atomic mass is 10.2. The fourth-order valence-corrected chi connectivity index (χ4v) is 1.09. The number of hydrogen-bond donors (Lipinski definition) is 1. The summed E-state index contributed by atoms with van der Waals surface area (Å²) in [6.45, 7) is 2.22. The molecule has 0 amide bonds. The number of halogens is 1. The molecule has 7 heavy (non-hydrogen) atoms. The van der Waals surface area contributed by atoms with E-state index in [2.05, 4.69) is 27.7 Å². The second kappa shape index (κ2) is 2.68. The van der Waals surface area contributed by atoms with Crippen molar-refractivity contribution in [3.8, 4) is 0 Å². The van der Waals surface area contributed by atoms with Crippen LogP contribution in [0.2, 0.25) is 0 Å². The molecule has 1 radical (unpaired) electrons. The van der Waals surface area contributed by atoms with Crippen molar-refractivity contribution in [1.82, 2.24) is 5.32 Å². The molecule has 0 aromatic rings. The van der Waals surface area contributed by atoms with Crippen molar-refractivity contribution in [2.24, 2.45) is 0 Å². The average molecular weight is 163 g/mol. The molecule has 1 aliphatic heterocycles. The minimum absolute atomic E-state index is 0.661. The fraction of sp³-hybridized carbons (Fsp3) is 0.800. The molecular weight excluding hydrogens is 154 g/mol. The summed E-state index contributed by atoms with van der Waals surface area (Å²) < 4.78 is 0. The van der Waals surface area contributed by atoms with E-state index in [-0.39, 0.29) is 0 Å². The van der Waals surface area contributed by atoms with E-state index in [9.17, 15) is 0 Å². The van der Waals surface area contributed by atoms with Gasteiger partial charge in [-0.15, -0.1) is 0 Å². The molecular formula is C5H9BrN. The van der Waals surface area contributed by atoms with Gasteiger partial charge in [-0.2, -0.15) is 0 Å². The van der Waals surface area contributed by atoms with Crippen LogP contribution < -0.4 is 5.32 Å². The van der Waals surface area contributed by atoms with Crippen LogP contribution in [0.3, 0.4) is 0 Å². The summed E-state index contributed by atoms with van der Waals surface area (Å²) in [5.41, 5.74) is 0. The van der Waals surface area contributed by atoms with E-state index >= 15 is 0 Å². The quantitative estimate of drug-likeness (QED) is 0.524. The first-order valence-corrected chi connectivity index (χ1v) is 3.49. The number of rotatable bonds is 0. The second-order valence-corrected chi connectivity index (χ2v) is 2.92. The van der Waals surface area contributed by atoms with Gasteiger partial charge in [-0.25, -0.2) is 0 Å². The molecule has 0 spiro atoms. The lowest BCUT2D eigenvalue weighted by molar-refractivity contribution is 0.618. The van der Waals surface area contributed by atoms with E-state index in [0.29, 0.717) is 4.83 Å². The Hall–Kier alpha value is 0.440. The summed E-state index contributed by atoms with van der Waals surface area (Å²) in [5.74, 6) is 0. The molecule has 1 atom stereocenters. The first-order chi connectivity index (χ1) is 3.39. The maximum atomic E-state index is 3.49. The van der Waals surface area contributed by atoms with Crippen LogP contribution in [0.25, 0.3) is 0 Å². The third-order valence-corrected chi connectivity index (χ3v) is 1.95. The van der Waals surface area contributed by atoms with Gasteiger partial charge in [0.05, 0.1) is 0 Å². The standard InChI is InChI=1S/C5H9BrN/c6-5-1-3-7-4-2-5/h1,5,7H,2-4H2. The summed E-state index contributed by atoms with van der Waals surface area (Å²) in [5, 5.41) is 3.23. The highest BCUT2D eigenvalue weighted by Gasteiger charge is 2.07. The predicted molar refractivity (Wildman–Crippen MR) is 34.5 cm³/mol. The highest BCUT2D eigenvalue weighted by atomic mass is 79.9. The maximum Gasteiger partial charge on any atom is 0.0201 e. The van der Waals surface area contributed by atoms with E-state index < -0.39 is 0 Å². The highest BCUT2D eigenvalue weighted by molar-refractivity contribution is 9.09. The Balaban J connectivity index is 2.12. The topological polar surface area (TPSA) is 12.0 Å². The van der Waals surface area contributed by atoms with Crippen LogP contribution in [-0.4, -0.2) is 17.9 Å². The lowest BCUT2D eigenvalue weighted by Gasteiger charge is -2.15. The zero-order chi connectivity index (χ0) is 5.11. The zero-order valence-electron chi connectivity index (χ0n) is 4.15. The largest absolute Gasteiger partial charge is 0.316 e. The van der Waals surface area contributed by atoms with E-state index in [1.807, 2.05) is 0 Å². The first-order valence-electron chi connectivity index (χ1n) is 2.58. The van der Waals surface area contributed by atoms with Crippen molar-refractivity contribution in [3.63, 3.8) is 0 Å². The predicted octanol–water partition coefficient (Wildman–Crippen LogP) is 0.947. The molecule has 1 unspecified atom stereocenters. The van der Waals surface area contributed by atoms with Crippen LogP contribution in [-0.2, 0) is 0 Å².